The molecule has 5 heteroatoms. The molecule has 0 aromatic heterocycles. The fourth-order valence-electron chi connectivity index (χ4n) is 2.37. The van der Waals surface area contributed by atoms with Crippen LogP contribution in [0.4, 0.5) is 4.39 Å². The zero-order chi connectivity index (χ0) is 13.8. The van der Waals surface area contributed by atoms with Crippen molar-refractivity contribution in [2.24, 2.45) is 11.7 Å². The van der Waals surface area contributed by atoms with E-state index in [2.05, 4.69) is 15.9 Å². The van der Waals surface area contributed by atoms with Gasteiger partial charge in [0.05, 0.1) is 6.42 Å². The van der Waals surface area contributed by atoms with Crippen molar-refractivity contribution in [2.75, 3.05) is 19.6 Å². The van der Waals surface area contributed by atoms with Crippen molar-refractivity contribution in [1.82, 2.24) is 4.90 Å². The molecule has 104 valence electrons. The van der Waals surface area contributed by atoms with E-state index >= 15 is 0 Å². The first-order valence-corrected chi connectivity index (χ1v) is 7.31. The second-order valence-corrected chi connectivity index (χ2v) is 5.89. The van der Waals surface area contributed by atoms with E-state index in [4.69, 9.17) is 5.73 Å². The molecular weight excluding hydrogens is 311 g/mol. The van der Waals surface area contributed by atoms with E-state index < -0.39 is 0 Å². The fourth-order valence-corrected chi connectivity index (χ4v) is 2.78. The molecule has 0 radical (unpaired) electrons. The summed E-state index contributed by atoms with van der Waals surface area (Å²) in [5.41, 5.74) is 6.07. The van der Waals surface area contributed by atoms with Gasteiger partial charge in [0.15, 0.2) is 0 Å². The van der Waals surface area contributed by atoms with Crippen molar-refractivity contribution >= 4 is 21.8 Å². The topological polar surface area (TPSA) is 46.3 Å². The van der Waals surface area contributed by atoms with Crippen LogP contribution >= 0.6 is 15.9 Å². The first-order valence-electron chi connectivity index (χ1n) is 6.52. The molecule has 0 saturated carbocycles. The average molecular weight is 329 g/mol. The molecule has 1 fully saturated rings. The Morgan fingerprint density at radius 1 is 1.42 bits per heavy atom. The first-order chi connectivity index (χ1) is 9.10. The molecule has 2 N–H and O–H groups in total. The van der Waals surface area contributed by atoms with E-state index in [-0.39, 0.29) is 18.1 Å². The molecule has 1 heterocycles. The van der Waals surface area contributed by atoms with E-state index in [1.165, 1.54) is 6.07 Å². The number of hydrogen-bond acceptors (Lipinski definition) is 2. The second kappa shape index (κ2) is 6.48. The third-order valence-corrected chi connectivity index (χ3v) is 4.14. The highest BCUT2D eigenvalue weighted by molar-refractivity contribution is 9.10. The number of nitrogens with zero attached hydrogens (tertiary/aromatic N) is 1. The van der Waals surface area contributed by atoms with Gasteiger partial charge in [0.2, 0.25) is 5.91 Å². The highest BCUT2D eigenvalue weighted by Crippen LogP contribution is 2.19. The lowest BCUT2D eigenvalue weighted by Gasteiger charge is -2.31. The number of benzene rings is 1. The normalized spacial score (nSPS) is 16.7. The number of carbonyl (C=O) groups is 1. The molecule has 0 unspecified atom stereocenters. The molecule has 1 aliphatic rings. The van der Waals surface area contributed by atoms with Gasteiger partial charge in [-0.2, -0.15) is 0 Å². The monoisotopic (exact) mass is 328 g/mol. The van der Waals surface area contributed by atoms with Gasteiger partial charge in [0, 0.05) is 17.6 Å². The van der Waals surface area contributed by atoms with Gasteiger partial charge in [-0.05, 0) is 49.1 Å². The SMILES string of the molecule is NCC1CCN(C(=O)Cc2cc(Br)ccc2F)CC1. The Balaban J connectivity index is 1.96. The minimum Gasteiger partial charge on any atom is -0.342 e. The molecule has 1 aromatic carbocycles. The van der Waals surface area contributed by atoms with Crippen LogP contribution in [0.1, 0.15) is 18.4 Å². The Morgan fingerprint density at radius 2 is 2.11 bits per heavy atom. The van der Waals surface area contributed by atoms with E-state index in [1.807, 2.05) is 4.90 Å². The molecular formula is C14H18BrFN2O. The molecule has 1 saturated heterocycles. The highest BCUT2D eigenvalue weighted by atomic mass is 79.9. The lowest BCUT2D eigenvalue weighted by molar-refractivity contribution is -0.131. The molecule has 2 rings (SSSR count). The summed E-state index contributed by atoms with van der Waals surface area (Å²) in [6, 6.07) is 4.68. The number of amides is 1. The molecule has 0 bridgehead atoms. The maximum atomic E-state index is 13.6. The van der Waals surface area contributed by atoms with Crippen LogP contribution in [0, 0.1) is 11.7 Å². The minimum atomic E-state index is -0.326. The zero-order valence-electron chi connectivity index (χ0n) is 10.7. The van der Waals surface area contributed by atoms with Crippen LogP contribution in [0.15, 0.2) is 22.7 Å². The van der Waals surface area contributed by atoms with Crippen LogP contribution in [-0.4, -0.2) is 30.4 Å². The Hall–Kier alpha value is -0.940. The van der Waals surface area contributed by atoms with Crippen LogP contribution in [0.2, 0.25) is 0 Å². The fraction of sp³-hybridized carbons (Fsp3) is 0.500. The van der Waals surface area contributed by atoms with Crippen molar-refractivity contribution in [3.63, 3.8) is 0 Å². The second-order valence-electron chi connectivity index (χ2n) is 4.97. The van der Waals surface area contributed by atoms with Crippen molar-refractivity contribution < 1.29 is 9.18 Å². The smallest absolute Gasteiger partial charge is 0.227 e. The summed E-state index contributed by atoms with van der Waals surface area (Å²) in [6.07, 6.45) is 2.02. The maximum absolute atomic E-state index is 13.6. The van der Waals surface area contributed by atoms with Gasteiger partial charge in [-0.15, -0.1) is 0 Å². The molecule has 3 nitrogen and oxygen atoms in total. The van der Waals surface area contributed by atoms with Crippen LogP contribution in [0.5, 0.6) is 0 Å². The maximum Gasteiger partial charge on any atom is 0.227 e. The lowest BCUT2D eigenvalue weighted by Crippen LogP contribution is -2.40. The standard InChI is InChI=1S/C14H18BrFN2O/c15-12-1-2-13(16)11(7-12)8-14(19)18-5-3-10(9-17)4-6-18/h1-2,7,10H,3-6,8-9,17H2. The van der Waals surface area contributed by atoms with Gasteiger partial charge in [-0.3, -0.25) is 4.79 Å². The van der Waals surface area contributed by atoms with Crippen molar-refractivity contribution in [1.29, 1.82) is 0 Å². The molecule has 19 heavy (non-hydrogen) atoms. The minimum absolute atomic E-state index is 0.00697. The van der Waals surface area contributed by atoms with E-state index in [0.717, 1.165) is 30.4 Å². The lowest BCUT2D eigenvalue weighted by atomic mass is 9.96. The third kappa shape index (κ3) is 3.76. The van der Waals surface area contributed by atoms with Gasteiger partial charge in [-0.1, -0.05) is 15.9 Å². The number of hydrogen-bond donors (Lipinski definition) is 1. The van der Waals surface area contributed by atoms with E-state index in [9.17, 15) is 9.18 Å². The van der Waals surface area contributed by atoms with Crippen LogP contribution in [0.25, 0.3) is 0 Å². The Labute approximate surface area is 121 Å². The Kier molecular flexibility index (Phi) is 4.93. The number of rotatable bonds is 3. The van der Waals surface area contributed by atoms with Gasteiger partial charge >= 0.3 is 0 Å². The first kappa shape index (κ1) is 14.5. The predicted octanol–water partition coefficient (Wildman–Crippen LogP) is 2.33. The zero-order valence-corrected chi connectivity index (χ0v) is 12.3. The summed E-state index contributed by atoms with van der Waals surface area (Å²) < 4.78 is 14.4. The van der Waals surface area contributed by atoms with Crippen molar-refractivity contribution in [3.05, 3.63) is 34.1 Å². The molecule has 1 aromatic rings. The van der Waals surface area contributed by atoms with Gasteiger partial charge in [-0.25, -0.2) is 4.39 Å². The number of carbonyl (C=O) groups excluding carboxylic acids is 1. The van der Waals surface area contributed by atoms with Gasteiger partial charge in [0.25, 0.3) is 0 Å². The summed E-state index contributed by atoms with van der Waals surface area (Å²) in [6.45, 7) is 2.15. The largest absolute Gasteiger partial charge is 0.342 e. The molecule has 0 aliphatic carbocycles. The number of halogens is 2. The van der Waals surface area contributed by atoms with Gasteiger partial charge < -0.3 is 10.6 Å². The molecule has 0 spiro atoms. The molecule has 0 atom stereocenters. The van der Waals surface area contributed by atoms with Gasteiger partial charge in [0.1, 0.15) is 5.82 Å². The summed E-state index contributed by atoms with van der Waals surface area (Å²) in [7, 11) is 0. The number of nitrogens with two attached hydrogens (primary N) is 1. The number of likely N-dealkylation sites (tertiary alicyclic amines) is 1. The summed E-state index contributed by atoms with van der Waals surface area (Å²) >= 11 is 3.29. The van der Waals surface area contributed by atoms with Crippen molar-refractivity contribution in [2.45, 2.75) is 19.3 Å². The van der Waals surface area contributed by atoms with E-state index in [1.54, 1.807) is 12.1 Å². The summed E-state index contributed by atoms with van der Waals surface area (Å²) in [5.74, 6) is 0.188. The van der Waals surface area contributed by atoms with Crippen molar-refractivity contribution in [3.8, 4) is 0 Å². The van der Waals surface area contributed by atoms with Crippen LogP contribution < -0.4 is 5.73 Å². The quantitative estimate of drug-likeness (QED) is 0.925. The Bertz CT molecular complexity index is 459. The number of piperidine rings is 1. The van der Waals surface area contributed by atoms with E-state index in [0.29, 0.717) is 18.0 Å². The molecule has 1 amide bonds. The van der Waals surface area contributed by atoms with Crippen LogP contribution in [0.3, 0.4) is 0 Å². The summed E-state index contributed by atoms with van der Waals surface area (Å²) in [5, 5.41) is 0. The highest BCUT2D eigenvalue weighted by Gasteiger charge is 2.22. The average Bonchev–Trinajstić information content (AvgIpc) is 2.43. The molecule has 1 aliphatic heterocycles. The van der Waals surface area contributed by atoms with Crippen LogP contribution in [-0.2, 0) is 11.2 Å². The third-order valence-electron chi connectivity index (χ3n) is 3.65. The Morgan fingerprint density at radius 3 is 2.74 bits per heavy atom. The predicted molar refractivity (Wildman–Crippen MR) is 76.2 cm³/mol. The summed E-state index contributed by atoms with van der Waals surface area (Å²) in [4.78, 5) is 14.0.